The van der Waals surface area contributed by atoms with E-state index in [0.717, 1.165) is 26.1 Å². The Morgan fingerprint density at radius 2 is 2.07 bits per heavy atom. The number of carbonyl (C=O) groups is 2. The number of furan rings is 1. The van der Waals surface area contributed by atoms with Gasteiger partial charge in [-0.1, -0.05) is 20.3 Å². The maximum Gasteiger partial charge on any atom is 0.291 e. The van der Waals surface area contributed by atoms with E-state index in [0.29, 0.717) is 24.0 Å². The third-order valence-corrected chi connectivity index (χ3v) is 6.52. The van der Waals surface area contributed by atoms with Gasteiger partial charge < -0.3 is 19.5 Å². The summed E-state index contributed by atoms with van der Waals surface area (Å²) in [5.74, 6) is 1.16. The molecule has 0 saturated carbocycles. The molecule has 2 unspecified atom stereocenters. The van der Waals surface area contributed by atoms with Crippen LogP contribution in [0.25, 0.3) is 0 Å². The Hall–Kier alpha value is -1.47. The molecule has 0 bridgehead atoms. The first-order valence-electron chi connectivity index (χ1n) is 10.0. The average Bonchev–Trinajstić information content (AvgIpc) is 3.31. The number of nitrogens with one attached hydrogen (secondary N) is 1. The van der Waals surface area contributed by atoms with Gasteiger partial charge in [-0.25, -0.2) is 0 Å². The van der Waals surface area contributed by atoms with Crippen molar-refractivity contribution in [1.82, 2.24) is 15.1 Å². The summed E-state index contributed by atoms with van der Waals surface area (Å²) in [7, 11) is 0. The average molecular weight is 394 g/mol. The monoisotopic (exact) mass is 393 g/mol. The van der Waals surface area contributed by atoms with Crippen molar-refractivity contribution < 1.29 is 14.0 Å². The molecule has 3 heterocycles. The SMILES string of the molecule is CC(C)CC1SCC(C(=O)NCCN2CCCCC2)N1C(=O)c1ccco1. The highest BCUT2D eigenvalue weighted by molar-refractivity contribution is 8.00. The molecule has 1 aromatic rings. The highest BCUT2D eigenvalue weighted by Crippen LogP contribution is 2.34. The second-order valence-electron chi connectivity index (χ2n) is 7.82. The van der Waals surface area contributed by atoms with Gasteiger partial charge in [0, 0.05) is 18.8 Å². The highest BCUT2D eigenvalue weighted by atomic mass is 32.2. The van der Waals surface area contributed by atoms with Gasteiger partial charge in [-0.05, 0) is 50.4 Å². The Labute approximate surface area is 166 Å². The number of rotatable bonds is 7. The van der Waals surface area contributed by atoms with E-state index in [1.165, 1.54) is 25.5 Å². The summed E-state index contributed by atoms with van der Waals surface area (Å²) in [4.78, 5) is 29.9. The number of nitrogens with zero attached hydrogens (tertiary/aromatic N) is 2. The molecule has 6 nitrogen and oxygen atoms in total. The van der Waals surface area contributed by atoms with Crippen molar-refractivity contribution in [3.63, 3.8) is 0 Å². The van der Waals surface area contributed by atoms with Gasteiger partial charge in [-0.2, -0.15) is 0 Å². The quantitative estimate of drug-likeness (QED) is 0.772. The first-order chi connectivity index (χ1) is 13.1. The predicted molar refractivity (Wildman–Crippen MR) is 108 cm³/mol. The Bertz CT molecular complexity index is 614. The van der Waals surface area contributed by atoms with Gasteiger partial charge in [0.1, 0.15) is 6.04 Å². The maximum atomic E-state index is 13.0. The largest absolute Gasteiger partial charge is 0.459 e. The van der Waals surface area contributed by atoms with Gasteiger partial charge >= 0.3 is 0 Å². The number of likely N-dealkylation sites (tertiary alicyclic amines) is 1. The van der Waals surface area contributed by atoms with E-state index in [2.05, 4.69) is 24.1 Å². The molecular formula is C20H31N3O3S. The second-order valence-corrected chi connectivity index (χ2v) is 9.03. The zero-order chi connectivity index (χ0) is 19.2. The molecule has 7 heteroatoms. The molecule has 27 heavy (non-hydrogen) atoms. The van der Waals surface area contributed by atoms with E-state index < -0.39 is 6.04 Å². The molecule has 1 N–H and O–H groups in total. The predicted octanol–water partition coefficient (Wildman–Crippen LogP) is 2.81. The lowest BCUT2D eigenvalue weighted by Crippen LogP contribution is -2.51. The van der Waals surface area contributed by atoms with Crippen molar-refractivity contribution in [2.24, 2.45) is 5.92 Å². The summed E-state index contributed by atoms with van der Waals surface area (Å²) in [5, 5.41) is 3.07. The topological polar surface area (TPSA) is 65.8 Å². The molecule has 0 aromatic carbocycles. The van der Waals surface area contributed by atoms with Crippen LogP contribution >= 0.6 is 11.8 Å². The molecule has 2 saturated heterocycles. The Kier molecular flexibility index (Phi) is 7.24. The number of piperidine rings is 1. The van der Waals surface area contributed by atoms with E-state index in [-0.39, 0.29) is 17.2 Å². The normalized spacial score (nSPS) is 23.7. The van der Waals surface area contributed by atoms with Gasteiger partial charge in [-0.3, -0.25) is 9.59 Å². The molecule has 2 amide bonds. The summed E-state index contributed by atoms with van der Waals surface area (Å²) in [6.07, 6.45) is 6.17. The van der Waals surface area contributed by atoms with Gasteiger partial charge in [0.15, 0.2) is 5.76 Å². The third kappa shape index (κ3) is 5.29. The highest BCUT2D eigenvalue weighted by Gasteiger charge is 2.42. The fourth-order valence-corrected chi connectivity index (χ4v) is 5.43. The van der Waals surface area contributed by atoms with Crippen LogP contribution in [0.3, 0.4) is 0 Å². The number of hydrogen-bond donors (Lipinski definition) is 1. The molecular weight excluding hydrogens is 362 g/mol. The lowest BCUT2D eigenvalue weighted by molar-refractivity contribution is -0.125. The Morgan fingerprint density at radius 1 is 1.30 bits per heavy atom. The van der Waals surface area contributed by atoms with Crippen molar-refractivity contribution in [3.8, 4) is 0 Å². The van der Waals surface area contributed by atoms with E-state index in [4.69, 9.17) is 4.42 Å². The molecule has 0 aliphatic carbocycles. The smallest absolute Gasteiger partial charge is 0.291 e. The van der Waals surface area contributed by atoms with Gasteiger partial charge in [-0.15, -0.1) is 11.8 Å². The molecule has 3 rings (SSSR count). The van der Waals surface area contributed by atoms with Crippen molar-refractivity contribution in [2.45, 2.75) is 50.9 Å². The third-order valence-electron chi connectivity index (χ3n) is 5.21. The van der Waals surface area contributed by atoms with E-state index in [9.17, 15) is 9.59 Å². The molecule has 2 atom stereocenters. The van der Waals surface area contributed by atoms with Crippen molar-refractivity contribution >= 4 is 23.6 Å². The standard InChI is InChI=1S/C20H31N3O3S/c1-15(2)13-18-23(20(25)17-7-6-12-26-17)16(14-27-18)19(24)21-8-11-22-9-4-3-5-10-22/h6-7,12,15-16,18H,3-5,8-11,13-14H2,1-2H3,(H,21,24). The van der Waals surface area contributed by atoms with E-state index in [1.54, 1.807) is 28.8 Å². The summed E-state index contributed by atoms with van der Waals surface area (Å²) >= 11 is 1.69. The van der Waals surface area contributed by atoms with Crippen molar-refractivity contribution in [2.75, 3.05) is 31.9 Å². The molecule has 150 valence electrons. The van der Waals surface area contributed by atoms with E-state index >= 15 is 0 Å². The summed E-state index contributed by atoms with van der Waals surface area (Å²) in [6, 6.07) is 2.95. The van der Waals surface area contributed by atoms with Crippen LogP contribution in [-0.2, 0) is 4.79 Å². The molecule has 1 aromatic heterocycles. The second kappa shape index (κ2) is 9.64. The Morgan fingerprint density at radius 3 is 2.74 bits per heavy atom. The van der Waals surface area contributed by atoms with Crippen LogP contribution in [0.2, 0.25) is 0 Å². The fraction of sp³-hybridized carbons (Fsp3) is 0.700. The molecule has 2 aliphatic heterocycles. The van der Waals surface area contributed by atoms with Crippen LogP contribution in [0.4, 0.5) is 0 Å². The summed E-state index contributed by atoms with van der Waals surface area (Å²) < 4.78 is 5.31. The minimum Gasteiger partial charge on any atom is -0.459 e. The maximum absolute atomic E-state index is 13.0. The first kappa shape index (κ1) is 20.3. The lowest BCUT2D eigenvalue weighted by Gasteiger charge is -2.30. The van der Waals surface area contributed by atoms with Gasteiger partial charge in [0.2, 0.25) is 5.91 Å². The molecule has 0 radical (unpaired) electrons. The molecule has 2 aliphatic rings. The van der Waals surface area contributed by atoms with Crippen molar-refractivity contribution in [3.05, 3.63) is 24.2 Å². The number of carbonyl (C=O) groups excluding carboxylic acids is 2. The van der Waals surface area contributed by atoms with Crippen LogP contribution in [-0.4, -0.2) is 65.0 Å². The van der Waals surface area contributed by atoms with Gasteiger partial charge in [0.25, 0.3) is 5.91 Å². The molecule has 2 fully saturated rings. The van der Waals surface area contributed by atoms with Crippen LogP contribution in [0.1, 0.15) is 50.1 Å². The van der Waals surface area contributed by atoms with Crippen LogP contribution in [0.15, 0.2) is 22.8 Å². The minimum atomic E-state index is -0.433. The van der Waals surface area contributed by atoms with Gasteiger partial charge in [0.05, 0.1) is 11.6 Å². The number of thioether (sulfide) groups is 1. The zero-order valence-electron chi connectivity index (χ0n) is 16.4. The minimum absolute atomic E-state index is 0.0143. The fourth-order valence-electron chi connectivity index (χ4n) is 3.79. The van der Waals surface area contributed by atoms with Crippen LogP contribution in [0, 0.1) is 5.92 Å². The molecule has 0 spiro atoms. The summed E-state index contributed by atoms with van der Waals surface area (Å²) in [6.45, 7) is 8.04. The number of amides is 2. The number of hydrogen-bond acceptors (Lipinski definition) is 5. The lowest BCUT2D eigenvalue weighted by atomic mass is 10.1. The van der Waals surface area contributed by atoms with Crippen LogP contribution < -0.4 is 5.32 Å². The first-order valence-corrected chi connectivity index (χ1v) is 11.1. The zero-order valence-corrected chi connectivity index (χ0v) is 17.2. The Balaban J connectivity index is 1.60. The summed E-state index contributed by atoms with van der Waals surface area (Å²) in [5.41, 5.74) is 0. The van der Waals surface area contributed by atoms with E-state index in [1.807, 2.05) is 0 Å². The van der Waals surface area contributed by atoms with Crippen molar-refractivity contribution in [1.29, 1.82) is 0 Å². The van der Waals surface area contributed by atoms with Crippen LogP contribution in [0.5, 0.6) is 0 Å².